The molecule has 5 heteroatoms. The van der Waals surface area contributed by atoms with Crippen LogP contribution < -0.4 is 5.56 Å². The SMILES string of the molecule is Cn1c([SH](Cc2ccccc2)Cc2ccccc2)nc2cccc(F)c2c1=O. The van der Waals surface area contributed by atoms with Crippen molar-refractivity contribution in [3.05, 3.63) is 106 Å². The number of rotatable bonds is 5. The molecule has 0 fully saturated rings. The van der Waals surface area contributed by atoms with Gasteiger partial charge in [-0.1, -0.05) is 66.7 Å². The molecule has 1 aromatic heterocycles. The average Bonchev–Trinajstić information content (AvgIpc) is 2.72. The highest BCUT2D eigenvalue weighted by Gasteiger charge is 2.18. The molecular formula is C23H21FN2OS. The topological polar surface area (TPSA) is 34.9 Å². The predicted molar refractivity (Wildman–Crippen MR) is 114 cm³/mol. The largest absolute Gasteiger partial charge is 0.292 e. The van der Waals surface area contributed by atoms with Crippen LogP contribution >= 0.6 is 10.9 Å². The van der Waals surface area contributed by atoms with Crippen molar-refractivity contribution in [1.29, 1.82) is 0 Å². The van der Waals surface area contributed by atoms with Gasteiger partial charge in [-0.05, 0) is 23.3 Å². The third-order valence-corrected chi connectivity index (χ3v) is 7.21. The van der Waals surface area contributed by atoms with E-state index in [0.29, 0.717) is 5.52 Å². The Labute approximate surface area is 165 Å². The zero-order chi connectivity index (χ0) is 19.5. The maximum absolute atomic E-state index is 14.2. The molecule has 0 amide bonds. The van der Waals surface area contributed by atoms with Crippen LogP contribution in [0.4, 0.5) is 4.39 Å². The summed E-state index contributed by atoms with van der Waals surface area (Å²) >= 11 is 0. The van der Waals surface area contributed by atoms with Crippen LogP contribution in [0.5, 0.6) is 0 Å². The van der Waals surface area contributed by atoms with E-state index in [9.17, 15) is 9.18 Å². The van der Waals surface area contributed by atoms with Crippen LogP contribution in [0.2, 0.25) is 0 Å². The number of fused-ring (bicyclic) bond motifs is 1. The van der Waals surface area contributed by atoms with E-state index in [2.05, 4.69) is 24.3 Å². The van der Waals surface area contributed by atoms with Crippen LogP contribution in [0.3, 0.4) is 0 Å². The van der Waals surface area contributed by atoms with Crippen molar-refractivity contribution < 1.29 is 4.39 Å². The maximum Gasteiger partial charge on any atom is 0.264 e. The Morgan fingerprint density at radius 1 is 0.857 bits per heavy atom. The third kappa shape index (κ3) is 3.71. The fourth-order valence-electron chi connectivity index (χ4n) is 3.35. The molecule has 0 unspecified atom stereocenters. The Balaban J connectivity index is 1.83. The normalized spacial score (nSPS) is 11.6. The van der Waals surface area contributed by atoms with Crippen LogP contribution in [-0.4, -0.2) is 9.55 Å². The lowest BCUT2D eigenvalue weighted by Gasteiger charge is -2.24. The second-order valence-corrected chi connectivity index (χ2v) is 8.85. The van der Waals surface area contributed by atoms with Crippen LogP contribution in [-0.2, 0) is 18.6 Å². The smallest absolute Gasteiger partial charge is 0.264 e. The highest BCUT2D eigenvalue weighted by atomic mass is 32.2. The van der Waals surface area contributed by atoms with Gasteiger partial charge in [-0.25, -0.2) is 9.37 Å². The van der Waals surface area contributed by atoms with Crippen molar-refractivity contribution in [1.82, 2.24) is 9.55 Å². The molecule has 0 atom stereocenters. The Morgan fingerprint density at radius 3 is 2.00 bits per heavy atom. The molecule has 0 saturated carbocycles. The summed E-state index contributed by atoms with van der Waals surface area (Å²) < 4.78 is 15.7. The third-order valence-electron chi connectivity index (χ3n) is 4.75. The zero-order valence-electron chi connectivity index (χ0n) is 15.5. The van der Waals surface area contributed by atoms with E-state index in [0.717, 1.165) is 16.7 Å². The second kappa shape index (κ2) is 7.98. The molecule has 0 saturated heterocycles. The number of hydrogen-bond acceptors (Lipinski definition) is 2. The molecule has 142 valence electrons. The van der Waals surface area contributed by atoms with Gasteiger partial charge in [0.25, 0.3) is 5.56 Å². The Hall–Kier alpha value is -2.92. The molecule has 3 aromatic carbocycles. The van der Waals surface area contributed by atoms with Crippen molar-refractivity contribution in [2.45, 2.75) is 16.7 Å². The summed E-state index contributed by atoms with van der Waals surface area (Å²) in [6, 6.07) is 25.1. The minimum Gasteiger partial charge on any atom is -0.292 e. The van der Waals surface area contributed by atoms with Gasteiger partial charge >= 0.3 is 0 Å². The molecule has 0 aliphatic carbocycles. The molecule has 28 heavy (non-hydrogen) atoms. The molecule has 0 aliphatic rings. The minimum atomic E-state index is -0.799. The Morgan fingerprint density at radius 2 is 1.43 bits per heavy atom. The molecular weight excluding hydrogens is 371 g/mol. The van der Waals surface area contributed by atoms with Crippen LogP contribution in [0.25, 0.3) is 10.9 Å². The summed E-state index contributed by atoms with van der Waals surface area (Å²) in [5.41, 5.74) is 2.51. The number of benzene rings is 3. The first-order chi connectivity index (χ1) is 13.6. The van der Waals surface area contributed by atoms with Gasteiger partial charge < -0.3 is 0 Å². The first-order valence-corrected chi connectivity index (χ1v) is 10.8. The number of thiol groups is 1. The van der Waals surface area contributed by atoms with Gasteiger partial charge in [0, 0.05) is 18.6 Å². The summed E-state index contributed by atoms with van der Waals surface area (Å²) in [7, 11) is 0.897. The summed E-state index contributed by atoms with van der Waals surface area (Å²) in [5, 5.41) is 0.800. The van der Waals surface area contributed by atoms with Crippen molar-refractivity contribution >= 4 is 21.8 Å². The average molecular weight is 392 g/mol. The minimum absolute atomic E-state index is 0.0584. The van der Waals surface area contributed by atoms with E-state index >= 15 is 0 Å². The summed E-state index contributed by atoms with van der Waals surface area (Å²) in [5.74, 6) is 1.10. The number of halogens is 1. The first-order valence-electron chi connectivity index (χ1n) is 9.11. The van der Waals surface area contributed by atoms with Gasteiger partial charge in [-0.15, -0.1) is 0 Å². The van der Waals surface area contributed by atoms with Crippen LogP contribution in [0, 0.1) is 5.82 Å². The van der Waals surface area contributed by atoms with E-state index in [4.69, 9.17) is 4.98 Å². The van der Waals surface area contributed by atoms with E-state index in [1.807, 2.05) is 36.4 Å². The number of hydrogen-bond donors (Lipinski definition) is 1. The molecule has 0 aliphatic heterocycles. The Bertz CT molecular complexity index is 1120. The monoisotopic (exact) mass is 392 g/mol. The van der Waals surface area contributed by atoms with Crippen molar-refractivity contribution in [3.8, 4) is 0 Å². The van der Waals surface area contributed by atoms with E-state index in [1.54, 1.807) is 19.2 Å². The molecule has 3 nitrogen and oxygen atoms in total. The lowest BCUT2D eigenvalue weighted by molar-refractivity contribution is 0.631. The zero-order valence-corrected chi connectivity index (χ0v) is 16.4. The van der Waals surface area contributed by atoms with Crippen LogP contribution in [0.1, 0.15) is 11.1 Å². The highest BCUT2D eigenvalue weighted by Crippen LogP contribution is 2.41. The Kier molecular flexibility index (Phi) is 5.26. The standard InChI is InChI=1S/C23H21FN2OS/c1-26-22(27)21-19(24)13-8-14-20(21)25-23(26)28(15-17-9-4-2-5-10-17)16-18-11-6-3-7-12-18/h2-14,28H,15-16H2,1H3. The molecule has 0 N–H and O–H groups in total. The summed E-state index contributed by atoms with van der Waals surface area (Å²) in [4.78, 5) is 17.6. The summed E-state index contributed by atoms with van der Waals surface area (Å²) in [6.45, 7) is 0. The molecule has 4 aromatic rings. The fraction of sp³-hybridized carbons (Fsp3) is 0.130. The predicted octanol–water partition coefficient (Wildman–Crippen LogP) is 4.83. The first kappa shape index (κ1) is 18.4. The number of aromatic nitrogens is 2. The molecule has 0 radical (unpaired) electrons. The second-order valence-electron chi connectivity index (χ2n) is 6.74. The molecule has 0 spiro atoms. The fourth-order valence-corrected chi connectivity index (χ4v) is 5.81. The molecule has 1 heterocycles. The van der Waals surface area contributed by atoms with Gasteiger partial charge in [0.1, 0.15) is 11.2 Å². The van der Waals surface area contributed by atoms with Gasteiger partial charge in [0.2, 0.25) is 0 Å². The lowest BCUT2D eigenvalue weighted by Crippen LogP contribution is -2.22. The van der Waals surface area contributed by atoms with Crippen LogP contribution in [0.15, 0.2) is 88.8 Å². The van der Waals surface area contributed by atoms with E-state index < -0.39 is 16.7 Å². The number of nitrogens with zero attached hydrogens (tertiary/aromatic N) is 2. The van der Waals surface area contributed by atoms with Crippen molar-refractivity contribution in [3.63, 3.8) is 0 Å². The van der Waals surface area contributed by atoms with Gasteiger partial charge in [0.15, 0.2) is 5.16 Å². The van der Waals surface area contributed by atoms with Crippen molar-refractivity contribution in [2.24, 2.45) is 7.05 Å². The quantitative estimate of drug-likeness (QED) is 0.390. The molecule has 0 bridgehead atoms. The van der Waals surface area contributed by atoms with Gasteiger partial charge in [-0.2, -0.15) is 10.9 Å². The highest BCUT2D eigenvalue weighted by molar-refractivity contribution is 8.15. The maximum atomic E-state index is 14.2. The lowest BCUT2D eigenvalue weighted by atomic mass is 10.2. The van der Waals surface area contributed by atoms with E-state index in [-0.39, 0.29) is 10.9 Å². The van der Waals surface area contributed by atoms with Gasteiger partial charge in [0.05, 0.1) is 5.52 Å². The van der Waals surface area contributed by atoms with Crippen molar-refractivity contribution in [2.75, 3.05) is 0 Å². The molecule has 4 rings (SSSR count). The summed E-state index contributed by atoms with van der Waals surface area (Å²) in [6.07, 6.45) is 0. The van der Waals surface area contributed by atoms with E-state index in [1.165, 1.54) is 21.8 Å². The van der Waals surface area contributed by atoms with Gasteiger partial charge in [-0.3, -0.25) is 9.36 Å².